The summed E-state index contributed by atoms with van der Waals surface area (Å²) in [6.07, 6.45) is 3.74. The van der Waals surface area contributed by atoms with Gasteiger partial charge in [0.25, 0.3) is 0 Å². The van der Waals surface area contributed by atoms with E-state index in [0.717, 1.165) is 28.1 Å². The first kappa shape index (κ1) is 14.7. The molecule has 24 heavy (non-hydrogen) atoms. The molecule has 0 aliphatic carbocycles. The van der Waals surface area contributed by atoms with Crippen LogP contribution < -0.4 is 5.32 Å². The highest BCUT2D eigenvalue weighted by atomic mass is 32.1. The van der Waals surface area contributed by atoms with E-state index in [1.807, 2.05) is 67.7 Å². The Hall–Kier alpha value is -2.92. The maximum absolute atomic E-state index is 10.2. The van der Waals surface area contributed by atoms with Gasteiger partial charge < -0.3 is 10.4 Å². The van der Waals surface area contributed by atoms with Crippen molar-refractivity contribution in [2.24, 2.45) is 4.99 Å². The normalized spacial score (nSPS) is 14.1. The summed E-state index contributed by atoms with van der Waals surface area (Å²) in [5, 5.41) is 14.1. The van der Waals surface area contributed by atoms with Crippen molar-refractivity contribution in [1.29, 1.82) is 0 Å². The van der Waals surface area contributed by atoms with Gasteiger partial charge in [0.2, 0.25) is 5.88 Å². The van der Waals surface area contributed by atoms with Crippen LogP contribution >= 0.6 is 11.3 Å². The molecule has 2 heterocycles. The Kier molecular flexibility index (Phi) is 3.63. The van der Waals surface area contributed by atoms with Gasteiger partial charge in [-0.15, -0.1) is 0 Å². The molecule has 0 amide bonds. The zero-order chi connectivity index (χ0) is 16.5. The van der Waals surface area contributed by atoms with Crippen LogP contribution in [0.5, 0.6) is 5.88 Å². The van der Waals surface area contributed by atoms with Crippen LogP contribution in [-0.2, 0) is 0 Å². The number of fused-ring (bicyclic) bond motifs is 1. The minimum Gasteiger partial charge on any atom is -0.492 e. The molecule has 5 heteroatoms. The summed E-state index contributed by atoms with van der Waals surface area (Å²) in [7, 11) is 0. The summed E-state index contributed by atoms with van der Waals surface area (Å²) in [6.45, 7) is 2.03. The van der Waals surface area contributed by atoms with Gasteiger partial charge in [-0.3, -0.25) is 4.99 Å². The van der Waals surface area contributed by atoms with Crippen molar-refractivity contribution < 1.29 is 5.11 Å². The molecule has 4 rings (SSSR count). The van der Waals surface area contributed by atoms with Crippen molar-refractivity contribution in [3.8, 4) is 5.88 Å². The summed E-state index contributed by atoms with van der Waals surface area (Å²) < 4.78 is 0. The third-order valence-electron chi connectivity index (χ3n) is 3.87. The molecule has 1 aliphatic rings. The lowest BCUT2D eigenvalue weighted by Gasteiger charge is -2.04. The van der Waals surface area contributed by atoms with Crippen LogP contribution in [0.1, 0.15) is 16.0 Å². The lowest BCUT2D eigenvalue weighted by molar-refractivity contribution is 0.457. The number of nitrogens with zero attached hydrogens (tertiary/aromatic N) is 2. The fourth-order valence-electron chi connectivity index (χ4n) is 2.59. The standard InChI is InChI=1S/C19H15N3OS/c1-12-6-2-4-8-15(12)21-19-22-18(23)17(24-19)10-13-11-20-16-9-5-3-7-14(13)16/h2-11,23H,1H3,(H,21,22)/b13-10-. The SMILES string of the molecule is Cc1ccccc1Nc1nc(O)c(/C=C2/C=Nc3ccccc32)s1. The fraction of sp³-hybridized carbons (Fsp3) is 0.0526. The second kappa shape index (κ2) is 5.94. The van der Waals surface area contributed by atoms with Crippen LogP contribution in [0.2, 0.25) is 0 Å². The molecule has 118 valence electrons. The summed E-state index contributed by atoms with van der Waals surface area (Å²) in [6, 6.07) is 15.9. The zero-order valence-electron chi connectivity index (χ0n) is 13.0. The number of para-hydroxylation sites is 2. The first-order chi connectivity index (χ1) is 11.7. The number of aliphatic imine (C=N–C) groups is 1. The van der Waals surface area contributed by atoms with Crippen LogP contribution in [0, 0.1) is 6.92 Å². The molecular formula is C19H15N3OS. The number of nitrogens with one attached hydrogen (secondary N) is 1. The van der Waals surface area contributed by atoms with Crippen molar-refractivity contribution in [2.75, 3.05) is 5.32 Å². The molecular weight excluding hydrogens is 318 g/mol. The molecule has 3 aromatic rings. The Bertz CT molecular complexity index is 972. The van der Waals surface area contributed by atoms with E-state index in [1.54, 1.807) is 0 Å². The van der Waals surface area contributed by atoms with Crippen molar-refractivity contribution >= 4 is 45.7 Å². The number of anilines is 2. The molecule has 1 aromatic heterocycles. The Morgan fingerprint density at radius 2 is 1.88 bits per heavy atom. The Labute approximate surface area is 143 Å². The van der Waals surface area contributed by atoms with E-state index >= 15 is 0 Å². The highest BCUT2D eigenvalue weighted by Crippen LogP contribution is 2.37. The number of allylic oxidation sites excluding steroid dienone is 1. The molecule has 4 nitrogen and oxygen atoms in total. The van der Waals surface area contributed by atoms with Crippen molar-refractivity contribution in [1.82, 2.24) is 4.98 Å². The van der Waals surface area contributed by atoms with E-state index in [4.69, 9.17) is 0 Å². The van der Waals surface area contributed by atoms with Crippen LogP contribution in [0.4, 0.5) is 16.5 Å². The van der Waals surface area contributed by atoms with Crippen molar-refractivity contribution in [2.45, 2.75) is 6.92 Å². The van der Waals surface area contributed by atoms with Crippen molar-refractivity contribution in [3.05, 3.63) is 64.5 Å². The van der Waals surface area contributed by atoms with Crippen LogP contribution in [0.3, 0.4) is 0 Å². The van der Waals surface area contributed by atoms with E-state index in [0.29, 0.717) is 10.0 Å². The Morgan fingerprint density at radius 3 is 2.75 bits per heavy atom. The predicted molar refractivity (Wildman–Crippen MR) is 101 cm³/mol. The Morgan fingerprint density at radius 1 is 1.08 bits per heavy atom. The topological polar surface area (TPSA) is 57.5 Å². The molecule has 0 fully saturated rings. The van der Waals surface area contributed by atoms with E-state index in [-0.39, 0.29) is 5.88 Å². The quantitative estimate of drug-likeness (QED) is 0.696. The lowest BCUT2D eigenvalue weighted by atomic mass is 10.1. The van der Waals surface area contributed by atoms with Crippen LogP contribution in [0.15, 0.2) is 53.5 Å². The first-order valence-electron chi connectivity index (χ1n) is 7.58. The number of thiazole rings is 1. The highest BCUT2D eigenvalue weighted by Gasteiger charge is 2.14. The number of rotatable bonds is 3. The average Bonchev–Trinajstić information content (AvgIpc) is 3.14. The second-order valence-electron chi connectivity index (χ2n) is 5.52. The van der Waals surface area contributed by atoms with Crippen LogP contribution in [0.25, 0.3) is 11.6 Å². The summed E-state index contributed by atoms with van der Waals surface area (Å²) in [5.74, 6) is 0.0290. The maximum atomic E-state index is 10.2. The van der Waals surface area contributed by atoms with E-state index in [9.17, 15) is 5.11 Å². The van der Waals surface area contributed by atoms with Gasteiger partial charge in [-0.25, -0.2) is 0 Å². The van der Waals surface area contributed by atoms with Gasteiger partial charge in [0.15, 0.2) is 5.13 Å². The monoisotopic (exact) mass is 333 g/mol. The van der Waals surface area contributed by atoms with Gasteiger partial charge >= 0.3 is 0 Å². The number of hydrogen-bond donors (Lipinski definition) is 2. The first-order valence-corrected chi connectivity index (χ1v) is 8.40. The van der Waals surface area contributed by atoms with Gasteiger partial charge in [0.05, 0.1) is 10.6 Å². The molecule has 0 saturated heterocycles. The number of aromatic hydroxyl groups is 1. The number of hydrogen-bond acceptors (Lipinski definition) is 5. The van der Waals surface area contributed by atoms with E-state index < -0.39 is 0 Å². The Balaban J connectivity index is 1.65. The summed E-state index contributed by atoms with van der Waals surface area (Å²) >= 11 is 1.41. The van der Waals surface area contributed by atoms with Gasteiger partial charge in [0.1, 0.15) is 0 Å². The molecule has 2 aromatic carbocycles. The maximum Gasteiger partial charge on any atom is 0.231 e. The van der Waals surface area contributed by atoms with E-state index in [2.05, 4.69) is 15.3 Å². The summed E-state index contributed by atoms with van der Waals surface area (Å²) in [5.41, 5.74) is 5.11. The number of benzene rings is 2. The van der Waals surface area contributed by atoms with Gasteiger partial charge in [-0.2, -0.15) is 4.98 Å². The minimum absolute atomic E-state index is 0.0290. The van der Waals surface area contributed by atoms with Gasteiger partial charge in [-0.05, 0) is 30.7 Å². The number of aryl methyl sites for hydroxylation is 1. The number of aromatic nitrogens is 1. The van der Waals surface area contributed by atoms with E-state index in [1.165, 1.54) is 11.3 Å². The van der Waals surface area contributed by atoms with Gasteiger partial charge in [-0.1, -0.05) is 47.7 Å². The van der Waals surface area contributed by atoms with Gasteiger partial charge in [0, 0.05) is 23.0 Å². The molecule has 0 saturated carbocycles. The lowest BCUT2D eigenvalue weighted by Crippen LogP contribution is -1.91. The average molecular weight is 333 g/mol. The molecule has 2 N–H and O–H groups in total. The molecule has 0 radical (unpaired) electrons. The largest absolute Gasteiger partial charge is 0.492 e. The predicted octanol–water partition coefficient (Wildman–Crippen LogP) is 5.16. The highest BCUT2D eigenvalue weighted by molar-refractivity contribution is 7.16. The molecule has 0 spiro atoms. The third kappa shape index (κ3) is 2.70. The fourth-order valence-corrected chi connectivity index (χ4v) is 3.42. The minimum atomic E-state index is 0.0290. The van der Waals surface area contributed by atoms with Crippen molar-refractivity contribution in [3.63, 3.8) is 0 Å². The molecule has 0 bridgehead atoms. The van der Waals surface area contributed by atoms with Crippen LogP contribution in [-0.4, -0.2) is 16.3 Å². The summed E-state index contributed by atoms with van der Waals surface area (Å²) in [4.78, 5) is 9.32. The molecule has 0 atom stereocenters. The zero-order valence-corrected chi connectivity index (χ0v) is 13.8. The second-order valence-corrected chi connectivity index (χ2v) is 6.55. The smallest absolute Gasteiger partial charge is 0.231 e. The molecule has 1 aliphatic heterocycles. The molecule has 0 unspecified atom stereocenters. The third-order valence-corrected chi connectivity index (χ3v) is 4.77.